The van der Waals surface area contributed by atoms with E-state index in [1.54, 1.807) is 43.0 Å². The van der Waals surface area contributed by atoms with Gasteiger partial charge in [-0.2, -0.15) is 0 Å². The Balaban J connectivity index is 1.25. The number of benzene rings is 3. The lowest BCUT2D eigenvalue weighted by atomic mass is 10.1. The Bertz CT molecular complexity index is 1730. The summed E-state index contributed by atoms with van der Waals surface area (Å²) in [6, 6.07) is 13.0. The van der Waals surface area contributed by atoms with Crippen molar-refractivity contribution in [2.24, 2.45) is 11.8 Å². The van der Waals surface area contributed by atoms with Gasteiger partial charge < -0.3 is 14.2 Å². The zero-order valence-electron chi connectivity index (χ0n) is 26.4. The number of esters is 1. The number of fused-ring (bicyclic) bond motifs is 1. The SMILES string of the molecule is CCOC(=O)[C@H](Cc1ccc(OCCNC2(S(=O)(=O)c3ccc([N+](=O)[O-])cc3)C3CN(Cc4cc(F)c(F)cc4F)C[C@H]32)cc1)OCC. The fraction of sp³-hybridized carbons (Fsp3) is 0.424. The van der Waals surface area contributed by atoms with Crippen LogP contribution in [-0.2, 0) is 37.1 Å². The maximum atomic E-state index is 14.3. The zero-order valence-corrected chi connectivity index (χ0v) is 27.2. The summed E-state index contributed by atoms with van der Waals surface area (Å²) >= 11 is 0. The number of rotatable bonds is 16. The molecule has 3 aromatic carbocycles. The third kappa shape index (κ3) is 7.18. The number of sulfone groups is 1. The summed E-state index contributed by atoms with van der Waals surface area (Å²) in [5.74, 6) is -4.13. The Kier molecular flexibility index (Phi) is 10.7. The molecule has 2 fully saturated rings. The van der Waals surface area contributed by atoms with Crippen molar-refractivity contribution in [2.45, 2.75) is 42.7 Å². The third-order valence-corrected chi connectivity index (χ3v) is 11.2. The van der Waals surface area contributed by atoms with E-state index in [1.807, 2.05) is 0 Å². The smallest absolute Gasteiger partial charge is 0.335 e. The van der Waals surface area contributed by atoms with Gasteiger partial charge in [0, 0.05) is 74.8 Å². The highest BCUT2D eigenvalue weighted by Gasteiger charge is 2.75. The number of ether oxygens (including phenoxy) is 3. The number of hydrogen-bond acceptors (Lipinski definition) is 10. The van der Waals surface area contributed by atoms with Gasteiger partial charge >= 0.3 is 5.97 Å². The molecule has 0 bridgehead atoms. The molecule has 3 aromatic rings. The molecule has 15 heteroatoms. The maximum Gasteiger partial charge on any atom is 0.335 e. The number of nitro benzene ring substituents is 1. The Hall–Kier alpha value is -4.05. The lowest BCUT2D eigenvalue weighted by Gasteiger charge is -2.28. The molecule has 0 amide bonds. The largest absolute Gasteiger partial charge is 0.492 e. The van der Waals surface area contributed by atoms with E-state index in [9.17, 15) is 36.5 Å². The van der Waals surface area contributed by atoms with Crippen LogP contribution in [0.25, 0.3) is 0 Å². The summed E-state index contributed by atoms with van der Waals surface area (Å²) in [6.45, 7) is 4.79. The van der Waals surface area contributed by atoms with Gasteiger partial charge in [0.05, 0.1) is 16.4 Å². The van der Waals surface area contributed by atoms with Gasteiger partial charge in [-0.05, 0) is 49.7 Å². The first-order valence-corrected chi connectivity index (χ1v) is 17.0. The summed E-state index contributed by atoms with van der Waals surface area (Å²) in [4.78, 5) is 23.0. The van der Waals surface area contributed by atoms with Crippen molar-refractivity contribution in [1.82, 2.24) is 10.2 Å². The first kappa shape index (κ1) is 35.3. The number of nitrogens with zero attached hydrogens (tertiary/aromatic N) is 2. The summed E-state index contributed by atoms with van der Waals surface area (Å²) < 4.78 is 86.1. The number of non-ortho nitro benzene ring substituents is 1. The van der Waals surface area contributed by atoms with E-state index in [2.05, 4.69) is 5.32 Å². The normalized spacial score (nSPS) is 21.0. The standard InChI is InChI=1S/C33H36F3N3O8S/c1-3-45-31(32(40)46-4-2)15-21-5-9-24(10-6-21)47-14-13-37-33(48(43,44)25-11-7-23(8-12-25)39(41)42)26-19-38(20-27(26)33)18-22-16-29(35)30(36)17-28(22)34/h5-12,16-17,26-27,31,37H,3-4,13-15,18-20H2,1-2H3/t26-,27?,31+,33?/m1/s1. The molecule has 1 saturated carbocycles. The van der Waals surface area contributed by atoms with Gasteiger partial charge in [0.15, 0.2) is 27.6 Å². The fourth-order valence-corrected chi connectivity index (χ4v) is 8.80. The average Bonchev–Trinajstić information content (AvgIpc) is 3.44. The predicted octanol–water partition coefficient (Wildman–Crippen LogP) is 4.42. The van der Waals surface area contributed by atoms with E-state index in [4.69, 9.17) is 14.2 Å². The number of nitro groups is 1. The van der Waals surface area contributed by atoms with Crippen LogP contribution in [0.3, 0.4) is 0 Å². The van der Waals surface area contributed by atoms with Crippen LogP contribution >= 0.6 is 0 Å². The van der Waals surface area contributed by atoms with Crippen LogP contribution in [0.4, 0.5) is 18.9 Å². The van der Waals surface area contributed by atoms with E-state index in [0.29, 0.717) is 24.8 Å². The van der Waals surface area contributed by atoms with Crippen LogP contribution in [-0.4, -0.2) is 74.6 Å². The maximum absolute atomic E-state index is 14.3. The molecule has 1 aliphatic carbocycles. The second kappa shape index (κ2) is 14.6. The van der Waals surface area contributed by atoms with Crippen molar-refractivity contribution in [3.8, 4) is 5.75 Å². The number of halogens is 3. The summed E-state index contributed by atoms with van der Waals surface area (Å²) in [7, 11) is -4.07. The second-order valence-electron chi connectivity index (χ2n) is 11.6. The van der Waals surface area contributed by atoms with E-state index >= 15 is 0 Å². The first-order valence-electron chi connectivity index (χ1n) is 15.5. The number of nitrogens with one attached hydrogen (secondary N) is 1. The molecule has 4 atom stereocenters. The Labute approximate surface area is 276 Å². The van der Waals surface area contributed by atoms with E-state index < -0.39 is 61.0 Å². The molecule has 0 radical (unpaired) electrons. The molecule has 1 N–H and O–H groups in total. The van der Waals surface area contributed by atoms with Gasteiger partial charge in [-0.1, -0.05) is 12.1 Å². The molecule has 11 nitrogen and oxygen atoms in total. The second-order valence-corrected chi connectivity index (χ2v) is 13.8. The highest BCUT2D eigenvalue weighted by molar-refractivity contribution is 7.93. The van der Waals surface area contributed by atoms with Crippen molar-refractivity contribution in [3.05, 3.63) is 99.4 Å². The minimum atomic E-state index is -4.07. The van der Waals surface area contributed by atoms with Crippen LogP contribution in [0.1, 0.15) is 25.0 Å². The minimum Gasteiger partial charge on any atom is -0.492 e. The Morgan fingerprint density at radius 2 is 1.65 bits per heavy atom. The molecule has 5 rings (SSSR count). The zero-order chi connectivity index (χ0) is 34.6. The van der Waals surface area contributed by atoms with E-state index in [1.165, 1.54) is 12.1 Å². The van der Waals surface area contributed by atoms with Crippen LogP contribution in [0.5, 0.6) is 5.75 Å². The van der Waals surface area contributed by atoms with Gasteiger partial charge in [0.2, 0.25) is 0 Å². The van der Waals surface area contributed by atoms with Crippen LogP contribution in [0.2, 0.25) is 0 Å². The number of hydrogen-bond donors (Lipinski definition) is 1. The van der Waals surface area contributed by atoms with Gasteiger partial charge in [0.25, 0.3) is 5.69 Å². The lowest BCUT2D eigenvalue weighted by molar-refractivity contribution is -0.384. The third-order valence-electron chi connectivity index (χ3n) is 8.71. The molecule has 2 aliphatic rings. The van der Waals surface area contributed by atoms with Gasteiger partial charge in [0.1, 0.15) is 23.0 Å². The molecular weight excluding hydrogens is 655 g/mol. The number of carbonyl (C=O) groups is 1. The van der Waals surface area contributed by atoms with Gasteiger partial charge in [-0.25, -0.2) is 26.4 Å². The highest BCUT2D eigenvalue weighted by atomic mass is 32.2. The van der Waals surface area contributed by atoms with Crippen molar-refractivity contribution in [3.63, 3.8) is 0 Å². The number of likely N-dealkylation sites (tertiary alicyclic amines) is 1. The van der Waals surface area contributed by atoms with E-state index in [-0.39, 0.29) is 55.5 Å². The summed E-state index contributed by atoms with van der Waals surface area (Å²) in [6.07, 6.45) is -0.412. The Morgan fingerprint density at radius 3 is 2.25 bits per heavy atom. The molecule has 1 saturated heterocycles. The summed E-state index contributed by atoms with van der Waals surface area (Å²) in [5.41, 5.74) is 0.542. The van der Waals surface area contributed by atoms with Crippen LogP contribution < -0.4 is 10.1 Å². The van der Waals surface area contributed by atoms with Crippen molar-refractivity contribution in [2.75, 3.05) is 39.5 Å². The molecule has 48 heavy (non-hydrogen) atoms. The minimum absolute atomic E-state index is 0.0338. The Morgan fingerprint density at radius 1 is 1.00 bits per heavy atom. The molecule has 0 spiro atoms. The van der Waals surface area contributed by atoms with Crippen LogP contribution in [0.15, 0.2) is 65.6 Å². The van der Waals surface area contributed by atoms with Crippen molar-refractivity contribution in [1.29, 1.82) is 0 Å². The van der Waals surface area contributed by atoms with Crippen molar-refractivity contribution < 1.29 is 45.5 Å². The monoisotopic (exact) mass is 691 g/mol. The number of piperidine rings is 1. The molecule has 258 valence electrons. The molecule has 2 unspecified atom stereocenters. The van der Waals surface area contributed by atoms with Crippen LogP contribution in [0, 0.1) is 39.4 Å². The molecule has 1 heterocycles. The molecule has 1 aliphatic heterocycles. The quantitative estimate of drug-likeness (QED) is 0.0756. The predicted molar refractivity (Wildman–Crippen MR) is 167 cm³/mol. The molecule has 0 aromatic heterocycles. The summed E-state index contributed by atoms with van der Waals surface area (Å²) in [5, 5.41) is 14.3. The molecular formula is C33H36F3N3O8S. The fourth-order valence-electron chi connectivity index (χ4n) is 6.42. The van der Waals surface area contributed by atoms with Gasteiger partial charge in [-0.3, -0.25) is 20.3 Å². The highest BCUT2D eigenvalue weighted by Crippen LogP contribution is 2.60. The first-order chi connectivity index (χ1) is 22.9. The number of carbonyl (C=O) groups excluding carboxylic acids is 1. The van der Waals surface area contributed by atoms with E-state index in [0.717, 1.165) is 23.8 Å². The average molecular weight is 692 g/mol. The van der Waals surface area contributed by atoms with Crippen molar-refractivity contribution >= 4 is 21.5 Å². The topological polar surface area (TPSA) is 137 Å². The lowest BCUT2D eigenvalue weighted by Crippen LogP contribution is -2.48. The van der Waals surface area contributed by atoms with Gasteiger partial charge in [-0.15, -0.1) is 0 Å².